The van der Waals surface area contributed by atoms with Crippen LogP contribution in [0.2, 0.25) is 5.02 Å². The lowest BCUT2D eigenvalue weighted by Gasteiger charge is -2.25. The van der Waals surface area contributed by atoms with Crippen molar-refractivity contribution in [3.8, 4) is 0 Å². The molecule has 0 bridgehead atoms. The van der Waals surface area contributed by atoms with Crippen LogP contribution in [0.4, 0.5) is 13.2 Å². The minimum absolute atomic E-state index is 0.203. The predicted octanol–water partition coefficient (Wildman–Crippen LogP) is 2.84. The summed E-state index contributed by atoms with van der Waals surface area (Å²) in [5, 5.41) is 8.57. The Morgan fingerprint density at radius 2 is 1.91 bits per heavy atom. The largest absolute Gasteiger partial charge is 0.480 e. The van der Waals surface area contributed by atoms with Gasteiger partial charge in [-0.15, -0.1) is 0 Å². The van der Waals surface area contributed by atoms with Gasteiger partial charge in [-0.3, -0.25) is 4.79 Å². The third kappa shape index (κ3) is 4.11. The summed E-state index contributed by atoms with van der Waals surface area (Å²) in [5.41, 5.74) is -1.40. The standard InChI is InChI=1S/C12H13ClF3NO4S/c1-7(2)17(6-11(18)19)22(20,21)10-5-8(13)3-4-9(10)12(14,15)16/h3-5,7H,6H2,1-2H3,(H,18,19). The van der Waals surface area contributed by atoms with Crippen LogP contribution in [0, 0.1) is 0 Å². The Kier molecular flexibility index (Phi) is 5.47. The molecule has 124 valence electrons. The predicted molar refractivity (Wildman–Crippen MR) is 73.1 cm³/mol. The number of hydrogen-bond acceptors (Lipinski definition) is 3. The van der Waals surface area contributed by atoms with Gasteiger partial charge in [0.2, 0.25) is 10.0 Å². The summed E-state index contributed by atoms with van der Waals surface area (Å²) in [4.78, 5) is 9.72. The maximum absolute atomic E-state index is 13.0. The lowest BCUT2D eigenvalue weighted by Crippen LogP contribution is -2.41. The van der Waals surface area contributed by atoms with E-state index < -0.39 is 45.2 Å². The number of carboxylic acids is 1. The molecule has 1 aromatic carbocycles. The summed E-state index contributed by atoms with van der Waals surface area (Å²) < 4.78 is 64.3. The van der Waals surface area contributed by atoms with Crippen molar-refractivity contribution in [2.24, 2.45) is 0 Å². The molecule has 0 aliphatic carbocycles. The number of hydrogen-bond donors (Lipinski definition) is 1. The van der Waals surface area contributed by atoms with Crippen molar-refractivity contribution in [1.29, 1.82) is 0 Å². The van der Waals surface area contributed by atoms with Crippen LogP contribution in [0.1, 0.15) is 19.4 Å². The third-order valence-corrected chi connectivity index (χ3v) is 5.00. The number of sulfonamides is 1. The van der Waals surface area contributed by atoms with Crippen molar-refractivity contribution in [3.05, 3.63) is 28.8 Å². The highest BCUT2D eigenvalue weighted by molar-refractivity contribution is 7.89. The molecule has 0 amide bonds. The molecule has 0 spiro atoms. The summed E-state index contributed by atoms with van der Waals surface area (Å²) >= 11 is 5.60. The minimum atomic E-state index is -4.92. The quantitative estimate of drug-likeness (QED) is 0.877. The van der Waals surface area contributed by atoms with Gasteiger partial charge in [0.15, 0.2) is 0 Å². The molecular weight excluding hydrogens is 347 g/mol. The molecule has 0 saturated carbocycles. The average Bonchev–Trinajstić information content (AvgIpc) is 2.33. The molecule has 22 heavy (non-hydrogen) atoms. The fourth-order valence-electron chi connectivity index (χ4n) is 1.75. The summed E-state index contributed by atoms with van der Waals surface area (Å²) in [6.07, 6.45) is -4.92. The number of carbonyl (C=O) groups is 1. The second kappa shape index (κ2) is 6.43. The van der Waals surface area contributed by atoms with Crippen LogP contribution in [0.15, 0.2) is 23.1 Å². The summed E-state index contributed by atoms with van der Waals surface area (Å²) in [5.74, 6) is -1.48. The Bertz CT molecular complexity index is 673. The van der Waals surface area contributed by atoms with Crippen LogP contribution in [0.25, 0.3) is 0 Å². The number of aliphatic carboxylic acids is 1. The Labute approximate surface area is 130 Å². The van der Waals surface area contributed by atoms with Crippen molar-refractivity contribution in [2.45, 2.75) is 31.0 Å². The summed E-state index contributed by atoms with van der Waals surface area (Å²) in [6, 6.07) is 1.28. The first-order valence-corrected chi connectivity index (χ1v) is 7.79. The molecule has 0 unspecified atom stereocenters. The first-order valence-electron chi connectivity index (χ1n) is 5.97. The Morgan fingerprint density at radius 3 is 2.32 bits per heavy atom. The SMILES string of the molecule is CC(C)N(CC(=O)O)S(=O)(=O)c1cc(Cl)ccc1C(F)(F)F. The Morgan fingerprint density at radius 1 is 1.36 bits per heavy atom. The minimum Gasteiger partial charge on any atom is -0.480 e. The van der Waals surface area contributed by atoms with E-state index in [4.69, 9.17) is 16.7 Å². The molecule has 1 N–H and O–H groups in total. The van der Waals surface area contributed by atoms with Gasteiger partial charge in [0.1, 0.15) is 6.54 Å². The monoisotopic (exact) mass is 359 g/mol. The van der Waals surface area contributed by atoms with E-state index in [0.29, 0.717) is 16.4 Å². The summed E-state index contributed by atoms with van der Waals surface area (Å²) in [7, 11) is -4.68. The van der Waals surface area contributed by atoms with Crippen molar-refractivity contribution < 1.29 is 31.5 Å². The zero-order chi connectivity index (χ0) is 17.3. The molecule has 0 aromatic heterocycles. The second-order valence-corrected chi connectivity index (χ2v) is 6.97. The van der Waals surface area contributed by atoms with Crippen molar-refractivity contribution >= 4 is 27.6 Å². The van der Waals surface area contributed by atoms with Gasteiger partial charge in [-0.05, 0) is 32.0 Å². The number of alkyl halides is 3. The van der Waals surface area contributed by atoms with Gasteiger partial charge < -0.3 is 5.11 Å². The highest BCUT2D eigenvalue weighted by atomic mass is 35.5. The average molecular weight is 360 g/mol. The van der Waals surface area contributed by atoms with Crippen LogP contribution in [0.5, 0.6) is 0 Å². The maximum Gasteiger partial charge on any atom is 0.417 e. The fourth-order valence-corrected chi connectivity index (χ4v) is 3.81. The molecular formula is C12H13ClF3NO4S. The molecule has 0 fully saturated rings. The Balaban J connectivity index is 3.56. The number of halogens is 4. The lowest BCUT2D eigenvalue weighted by molar-refractivity contribution is -0.140. The third-order valence-electron chi connectivity index (χ3n) is 2.70. The molecule has 5 nitrogen and oxygen atoms in total. The molecule has 0 saturated heterocycles. The normalized spacial score (nSPS) is 12.9. The van der Waals surface area contributed by atoms with Crippen LogP contribution in [0.3, 0.4) is 0 Å². The molecule has 0 aliphatic rings. The van der Waals surface area contributed by atoms with Gasteiger partial charge in [-0.25, -0.2) is 8.42 Å². The molecule has 0 heterocycles. The second-order valence-electron chi connectivity index (χ2n) is 4.68. The fraction of sp³-hybridized carbons (Fsp3) is 0.417. The van der Waals surface area contributed by atoms with Gasteiger partial charge >= 0.3 is 12.1 Å². The van der Waals surface area contributed by atoms with E-state index in [2.05, 4.69) is 0 Å². The zero-order valence-corrected chi connectivity index (χ0v) is 13.1. The van der Waals surface area contributed by atoms with E-state index in [1.165, 1.54) is 13.8 Å². The van der Waals surface area contributed by atoms with Crippen LogP contribution >= 0.6 is 11.6 Å². The number of benzene rings is 1. The van der Waals surface area contributed by atoms with E-state index in [0.717, 1.165) is 6.07 Å². The van der Waals surface area contributed by atoms with Gasteiger partial charge in [-0.1, -0.05) is 11.6 Å². The van der Waals surface area contributed by atoms with Crippen molar-refractivity contribution in [2.75, 3.05) is 6.54 Å². The lowest BCUT2D eigenvalue weighted by atomic mass is 10.2. The number of nitrogens with zero attached hydrogens (tertiary/aromatic N) is 1. The number of rotatable bonds is 5. The molecule has 0 aliphatic heterocycles. The van der Waals surface area contributed by atoms with Gasteiger partial charge in [0.25, 0.3) is 0 Å². The molecule has 10 heteroatoms. The maximum atomic E-state index is 13.0. The molecule has 0 atom stereocenters. The Hall–Kier alpha value is -1.32. The molecule has 1 rings (SSSR count). The summed E-state index contributed by atoms with van der Waals surface area (Å²) in [6.45, 7) is 1.76. The molecule has 1 aromatic rings. The first kappa shape index (κ1) is 18.7. The van der Waals surface area contributed by atoms with E-state index in [1.54, 1.807) is 0 Å². The highest BCUT2D eigenvalue weighted by Gasteiger charge is 2.40. The number of carboxylic acid groups (broad SMARTS) is 1. The van der Waals surface area contributed by atoms with Crippen molar-refractivity contribution in [1.82, 2.24) is 4.31 Å². The topological polar surface area (TPSA) is 74.7 Å². The van der Waals surface area contributed by atoms with Gasteiger partial charge in [0, 0.05) is 11.1 Å². The van der Waals surface area contributed by atoms with Crippen molar-refractivity contribution in [3.63, 3.8) is 0 Å². The van der Waals surface area contributed by atoms with E-state index in [1.807, 2.05) is 0 Å². The van der Waals surface area contributed by atoms with Crippen LogP contribution in [-0.2, 0) is 21.0 Å². The van der Waals surface area contributed by atoms with Gasteiger partial charge in [0.05, 0.1) is 10.5 Å². The van der Waals surface area contributed by atoms with Crippen LogP contribution in [-0.4, -0.2) is 36.4 Å². The highest BCUT2D eigenvalue weighted by Crippen LogP contribution is 2.37. The first-order chi connectivity index (χ1) is 9.87. The zero-order valence-electron chi connectivity index (χ0n) is 11.6. The van der Waals surface area contributed by atoms with Gasteiger partial charge in [-0.2, -0.15) is 17.5 Å². The van der Waals surface area contributed by atoms with E-state index in [-0.39, 0.29) is 5.02 Å². The van der Waals surface area contributed by atoms with E-state index >= 15 is 0 Å². The smallest absolute Gasteiger partial charge is 0.417 e. The molecule has 0 radical (unpaired) electrons. The van der Waals surface area contributed by atoms with Crippen LogP contribution < -0.4 is 0 Å². The van der Waals surface area contributed by atoms with E-state index in [9.17, 15) is 26.4 Å².